The molecule has 0 aromatic heterocycles. The molecule has 11 heteroatoms. The van der Waals surface area contributed by atoms with Crippen molar-refractivity contribution in [1.29, 1.82) is 0 Å². The minimum absolute atomic E-state index is 0.0519. The van der Waals surface area contributed by atoms with Crippen LogP contribution >= 0.6 is 0 Å². The van der Waals surface area contributed by atoms with Gasteiger partial charge in [-0.25, -0.2) is 0 Å². The summed E-state index contributed by atoms with van der Waals surface area (Å²) in [6.07, 6.45) is 0.523. The molecule has 0 bridgehead atoms. The molecule has 0 aliphatic rings. The van der Waals surface area contributed by atoms with Gasteiger partial charge in [0.1, 0.15) is 30.0 Å². The van der Waals surface area contributed by atoms with Crippen LogP contribution in [0.3, 0.4) is 0 Å². The Morgan fingerprint density at radius 3 is 1.87 bits per heavy atom. The molecule has 1 rings (SSSR count). The van der Waals surface area contributed by atoms with E-state index in [4.69, 9.17) is 5.73 Å². The van der Waals surface area contributed by atoms with Crippen LogP contribution in [0.2, 0.25) is 0 Å². The second-order valence-electron chi connectivity index (χ2n) is 10.6. The first-order valence-electron chi connectivity index (χ1n) is 13.2. The number of hydrogen-bond donors (Lipinski definition) is 5. The van der Waals surface area contributed by atoms with Crippen LogP contribution in [0, 0.1) is 11.8 Å². The third kappa shape index (κ3) is 12.6. The molecule has 0 aliphatic heterocycles. The number of ketones is 1. The van der Waals surface area contributed by atoms with Gasteiger partial charge in [-0.2, -0.15) is 0 Å². The van der Waals surface area contributed by atoms with Gasteiger partial charge in [-0.1, -0.05) is 58.0 Å². The fourth-order valence-electron chi connectivity index (χ4n) is 3.79. The van der Waals surface area contributed by atoms with E-state index in [-0.39, 0.29) is 36.9 Å². The molecule has 6 N–H and O–H groups in total. The first-order valence-corrected chi connectivity index (χ1v) is 13.2. The fourth-order valence-corrected chi connectivity index (χ4v) is 3.79. The molecule has 0 spiro atoms. The number of nitrogens with two attached hydrogens (primary N) is 1. The summed E-state index contributed by atoms with van der Waals surface area (Å²) in [5, 5.41) is 10.5. The van der Waals surface area contributed by atoms with Crippen LogP contribution in [0.5, 0.6) is 0 Å². The number of benzene rings is 1. The Morgan fingerprint density at radius 2 is 1.36 bits per heavy atom. The van der Waals surface area contributed by atoms with Gasteiger partial charge in [0.2, 0.25) is 29.5 Å². The van der Waals surface area contributed by atoms with Crippen LogP contribution < -0.4 is 27.0 Å². The molecule has 216 valence electrons. The zero-order valence-electron chi connectivity index (χ0n) is 23.7. The molecule has 0 heterocycles. The summed E-state index contributed by atoms with van der Waals surface area (Å²) in [5.41, 5.74) is 6.19. The molecule has 39 heavy (non-hydrogen) atoms. The topological polar surface area (TPSA) is 177 Å². The summed E-state index contributed by atoms with van der Waals surface area (Å²) in [6, 6.07) is 5.19. The minimum Gasteiger partial charge on any atom is -0.368 e. The van der Waals surface area contributed by atoms with Crippen molar-refractivity contribution in [2.75, 3.05) is 0 Å². The fraction of sp³-hybridized carbons (Fsp3) is 0.571. The highest BCUT2D eigenvalue weighted by atomic mass is 16.2. The Labute approximate surface area is 230 Å². The van der Waals surface area contributed by atoms with Crippen molar-refractivity contribution in [3.63, 3.8) is 0 Å². The highest BCUT2D eigenvalue weighted by Crippen LogP contribution is 2.09. The molecular weight excluding hydrogens is 502 g/mol. The van der Waals surface area contributed by atoms with Crippen molar-refractivity contribution in [3.05, 3.63) is 35.9 Å². The molecule has 1 aromatic carbocycles. The molecule has 11 nitrogen and oxygen atoms in total. The number of Topliss-reactive ketones (excluding diaryl/α,β-unsaturated/α-hetero) is 1. The first-order chi connectivity index (χ1) is 18.2. The maximum absolute atomic E-state index is 13.3. The third-order valence-electron chi connectivity index (χ3n) is 6.00. The highest BCUT2D eigenvalue weighted by molar-refractivity contribution is 5.95. The van der Waals surface area contributed by atoms with Gasteiger partial charge in [0.05, 0.1) is 0 Å². The lowest BCUT2D eigenvalue weighted by atomic mass is 10.00. The van der Waals surface area contributed by atoms with E-state index in [1.165, 1.54) is 13.8 Å². The van der Waals surface area contributed by atoms with Gasteiger partial charge in [0.25, 0.3) is 0 Å². The van der Waals surface area contributed by atoms with Crippen LogP contribution in [0.1, 0.15) is 66.4 Å². The predicted octanol–water partition coefficient (Wildman–Crippen LogP) is 0.745. The summed E-state index contributed by atoms with van der Waals surface area (Å²) in [4.78, 5) is 74.4. The Bertz CT molecular complexity index is 1010. The van der Waals surface area contributed by atoms with Crippen molar-refractivity contribution in [1.82, 2.24) is 21.3 Å². The average Bonchev–Trinajstić information content (AvgIpc) is 2.84. The van der Waals surface area contributed by atoms with E-state index in [1.54, 1.807) is 13.8 Å². The van der Waals surface area contributed by atoms with Crippen LogP contribution in [-0.4, -0.2) is 59.5 Å². The number of carbonyl (C=O) groups is 6. The molecular formula is C28H43N5O6. The summed E-state index contributed by atoms with van der Waals surface area (Å²) in [7, 11) is 0. The summed E-state index contributed by atoms with van der Waals surface area (Å²) >= 11 is 0. The zero-order valence-corrected chi connectivity index (χ0v) is 23.7. The lowest BCUT2D eigenvalue weighted by Crippen LogP contribution is -2.59. The maximum Gasteiger partial charge on any atom is 0.243 e. The van der Waals surface area contributed by atoms with Crippen LogP contribution in [0.15, 0.2) is 30.3 Å². The minimum atomic E-state index is -1.01. The van der Waals surface area contributed by atoms with Gasteiger partial charge < -0.3 is 31.8 Å². The number of nitrogens with one attached hydrogen (secondary N) is 4. The number of rotatable bonds is 16. The van der Waals surface area contributed by atoms with E-state index in [9.17, 15) is 28.8 Å². The molecule has 0 saturated heterocycles. The van der Waals surface area contributed by atoms with Gasteiger partial charge >= 0.3 is 0 Å². The summed E-state index contributed by atoms with van der Waals surface area (Å²) in [5.74, 6) is -3.26. The monoisotopic (exact) mass is 545 g/mol. The second-order valence-corrected chi connectivity index (χ2v) is 10.6. The van der Waals surface area contributed by atoms with Crippen molar-refractivity contribution < 1.29 is 28.8 Å². The van der Waals surface area contributed by atoms with Crippen molar-refractivity contribution >= 4 is 35.3 Å². The van der Waals surface area contributed by atoms with E-state index in [1.807, 2.05) is 44.2 Å². The Kier molecular flexibility index (Phi) is 13.9. The second kappa shape index (κ2) is 16.3. The lowest BCUT2D eigenvalue weighted by Gasteiger charge is -2.27. The number of carbonyl (C=O) groups excluding carboxylic acids is 6. The molecule has 0 fully saturated rings. The molecule has 0 saturated carbocycles. The van der Waals surface area contributed by atoms with Crippen molar-refractivity contribution in [2.24, 2.45) is 17.6 Å². The van der Waals surface area contributed by atoms with Crippen molar-refractivity contribution in [3.8, 4) is 0 Å². The highest BCUT2D eigenvalue weighted by Gasteiger charge is 2.31. The molecule has 4 atom stereocenters. The number of amides is 5. The van der Waals surface area contributed by atoms with Crippen LogP contribution in [-0.2, 0) is 35.2 Å². The number of hydrogen-bond acceptors (Lipinski definition) is 6. The van der Waals surface area contributed by atoms with E-state index in [2.05, 4.69) is 21.3 Å². The maximum atomic E-state index is 13.3. The molecule has 0 unspecified atom stereocenters. The van der Waals surface area contributed by atoms with Crippen molar-refractivity contribution in [2.45, 2.75) is 91.4 Å². The normalized spacial score (nSPS) is 14.1. The number of primary amides is 1. The van der Waals surface area contributed by atoms with Gasteiger partial charge in [-0.3, -0.25) is 24.0 Å². The average molecular weight is 546 g/mol. The Hall–Kier alpha value is -3.76. The molecule has 0 radical (unpaired) electrons. The largest absolute Gasteiger partial charge is 0.368 e. The quantitative estimate of drug-likeness (QED) is 0.205. The third-order valence-corrected chi connectivity index (χ3v) is 6.00. The van der Waals surface area contributed by atoms with Gasteiger partial charge in [0, 0.05) is 19.3 Å². The summed E-state index contributed by atoms with van der Waals surface area (Å²) in [6.45, 7) is 10.1. The van der Waals surface area contributed by atoms with Crippen LogP contribution in [0.4, 0.5) is 0 Å². The van der Waals surface area contributed by atoms with E-state index >= 15 is 0 Å². The first kappa shape index (κ1) is 33.3. The van der Waals surface area contributed by atoms with Gasteiger partial charge in [-0.05, 0) is 37.7 Å². The SMILES string of the molecule is CC(=O)CCC(=O)N[C@@H](Cc1ccccc1)C(=O)N[C@H](C(=O)N[C@@H](C)C(=O)N[C@@H](CC(C)C)C(N)=O)C(C)C. The lowest BCUT2D eigenvalue weighted by molar-refractivity contribution is -0.135. The molecule has 5 amide bonds. The van der Waals surface area contributed by atoms with Gasteiger partial charge in [0.15, 0.2) is 0 Å². The summed E-state index contributed by atoms with van der Waals surface area (Å²) < 4.78 is 0. The van der Waals surface area contributed by atoms with E-state index in [0.29, 0.717) is 6.42 Å². The smallest absolute Gasteiger partial charge is 0.243 e. The molecule has 1 aromatic rings. The Balaban J connectivity index is 2.96. The zero-order chi connectivity index (χ0) is 29.7. The van der Waals surface area contributed by atoms with Gasteiger partial charge in [-0.15, -0.1) is 0 Å². The Morgan fingerprint density at radius 1 is 0.744 bits per heavy atom. The van der Waals surface area contributed by atoms with E-state index < -0.39 is 53.7 Å². The van der Waals surface area contributed by atoms with E-state index in [0.717, 1.165) is 5.56 Å². The predicted molar refractivity (Wildman–Crippen MR) is 147 cm³/mol. The molecule has 0 aliphatic carbocycles. The standard InChI is InChI=1S/C28H43N5O6/c1-16(2)14-21(25(29)36)32-26(37)19(6)30-28(39)24(17(3)4)33-27(38)22(15-20-10-8-7-9-11-20)31-23(35)13-12-18(5)34/h7-11,16-17,19,21-22,24H,12-15H2,1-6H3,(H2,29,36)(H,30,39)(H,31,35)(H,32,37)(H,33,38)/t19-,21-,22-,24-/m0/s1. The van der Waals surface area contributed by atoms with Crippen LogP contribution in [0.25, 0.3) is 0 Å².